The number of nitrogens with zero attached hydrogens (tertiary/aromatic N) is 2. The predicted octanol–water partition coefficient (Wildman–Crippen LogP) is 3.13. The van der Waals surface area contributed by atoms with Gasteiger partial charge in [-0.3, -0.25) is 24.0 Å². The molecule has 272 valence electrons. The van der Waals surface area contributed by atoms with Crippen molar-refractivity contribution in [1.82, 2.24) is 25.2 Å². The lowest BCUT2D eigenvalue weighted by atomic mass is 10.1. The molecule has 4 aliphatic rings. The fourth-order valence-electron chi connectivity index (χ4n) is 5.57. The monoisotopic (exact) mass is 724 g/mol. The Hall–Kier alpha value is -3.79. The topological polar surface area (TPSA) is 191 Å². The zero-order valence-electron chi connectivity index (χ0n) is 28.4. The number of hydrogen-bond donors (Lipinski definition) is 5. The molecular weight excluding hydrogens is 676 g/mol. The summed E-state index contributed by atoms with van der Waals surface area (Å²) in [5.41, 5.74) is 6.50. The van der Waals surface area contributed by atoms with Crippen molar-refractivity contribution in [1.29, 1.82) is 0 Å². The molecule has 49 heavy (non-hydrogen) atoms. The average Bonchev–Trinajstić information content (AvgIpc) is 3.88. The van der Waals surface area contributed by atoms with E-state index in [1.54, 1.807) is 31.0 Å². The van der Waals surface area contributed by atoms with Crippen LogP contribution in [0.1, 0.15) is 82.8 Å². The molecule has 4 amide bonds. The molecule has 2 saturated carbocycles. The number of thiocarbonyl (C=S) groups is 1. The number of fused-ring (bicyclic) bond motifs is 1. The SMILES string of the molecule is CCCCC/C=C\C1CC1C(=O)NS(=O)(=O)C1(C)CC1.CNC(=O)C1CCCN1C(=O)CNC(N)=S.O=C(O)N1Cc2cccc(F)c2C1. The molecule has 5 rings (SSSR count). The van der Waals surface area contributed by atoms with E-state index in [2.05, 4.69) is 46.6 Å². The second-order valence-electron chi connectivity index (χ2n) is 12.9. The van der Waals surface area contributed by atoms with Crippen LogP contribution in [0.25, 0.3) is 0 Å². The van der Waals surface area contributed by atoms with Crippen molar-refractivity contribution in [2.75, 3.05) is 20.1 Å². The van der Waals surface area contributed by atoms with Gasteiger partial charge in [0.1, 0.15) is 11.9 Å². The molecule has 1 aromatic carbocycles. The van der Waals surface area contributed by atoms with E-state index < -0.39 is 20.9 Å². The fraction of sp³-hybridized carbons (Fsp3) is 0.606. The zero-order valence-corrected chi connectivity index (χ0v) is 30.0. The van der Waals surface area contributed by atoms with Crippen molar-refractivity contribution in [2.24, 2.45) is 17.6 Å². The maximum atomic E-state index is 13.1. The van der Waals surface area contributed by atoms with Crippen molar-refractivity contribution in [2.45, 2.75) is 95.5 Å². The first-order valence-electron chi connectivity index (χ1n) is 16.7. The van der Waals surface area contributed by atoms with Gasteiger partial charge in [0.15, 0.2) is 5.11 Å². The molecule has 16 heteroatoms. The minimum Gasteiger partial charge on any atom is -0.465 e. The summed E-state index contributed by atoms with van der Waals surface area (Å²) in [4.78, 5) is 48.5. The van der Waals surface area contributed by atoms with Crippen LogP contribution in [-0.2, 0) is 37.5 Å². The molecule has 6 N–H and O–H groups in total. The van der Waals surface area contributed by atoms with E-state index in [1.807, 2.05) is 0 Å². The van der Waals surface area contributed by atoms with Gasteiger partial charge in [-0.2, -0.15) is 0 Å². The standard InChI is InChI=1S/C15H25NO3S.C9H8FNO2.C9H16N4O2S/c1-3-4-5-6-7-8-12-11-13(12)14(17)16-20(18,19)15(2)9-10-15;10-8-3-1-2-6-4-11(9(12)13)5-7(6)8;1-11-8(15)6-3-2-4-13(6)7(14)5-12-9(10)16/h7-8,12-13H,3-6,9-11H2,1-2H3,(H,16,17);1-3H,4-5H2,(H,12,13);6H,2-5H2,1H3,(H,11,15)(H3,10,12,16)/b8-7-;;. The Kier molecular flexibility index (Phi) is 14.4. The largest absolute Gasteiger partial charge is 0.465 e. The van der Waals surface area contributed by atoms with Crippen LogP contribution in [0.4, 0.5) is 9.18 Å². The van der Waals surface area contributed by atoms with Crippen LogP contribution in [0.15, 0.2) is 30.4 Å². The third-order valence-electron chi connectivity index (χ3n) is 9.10. The van der Waals surface area contributed by atoms with Gasteiger partial charge in [-0.15, -0.1) is 0 Å². The van der Waals surface area contributed by atoms with Crippen molar-refractivity contribution in [3.05, 3.63) is 47.3 Å². The number of sulfonamides is 1. The van der Waals surface area contributed by atoms with E-state index in [-0.39, 0.29) is 59.6 Å². The minimum atomic E-state index is -3.47. The third-order valence-corrected chi connectivity index (χ3v) is 11.4. The van der Waals surface area contributed by atoms with Crippen molar-refractivity contribution in [3.8, 4) is 0 Å². The number of likely N-dealkylation sites (tertiary alicyclic amines) is 1. The summed E-state index contributed by atoms with van der Waals surface area (Å²) in [5.74, 6) is -0.823. The van der Waals surface area contributed by atoms with E-state index in [0.717, 1.165) is 24.8 Å². The van der Waals surface area contributed by atoms with Gasteiger partial charge in [0.05, 0.1) is 17.8 Å². The second kappa shape index (κ2) is 17.7. The molecule has 0 radical (unpaired) electrons. The Morgan fingerprint density at radius 1 is 1.16 bits per heavy atom. The normalized spacial score (nSPS) is 21.3. The number of carboxylic acid groups (broad SMARTS) is 1. The number of likely N-dealkylation sites (N-methyl/N-ethyl adjacent to an activating group) is 1. The van der Waals surface area contributed by atoms with Crippen LogP contribution in [0.5, 0.6) is 0 Å². The van der Waals surface area contributed by atoms with Crippen LogP contribution in [0, 0.1) is 17.7 Å². The summed E-state index contributed by atoms with van der Waals surface area (Å²) in [6, 6.07) is 4.34. The number of allylic oxidation sites excluding steroid dienone is 2. The van der Waals surface area contributed by atoms with Crippen LogP contribution < -0.4 is 21.1 Å². The number of benzene rings is 1. The summed E-state index contributed by atoms with van der Waals surface area (Å²) < 4.78 is 38.6. The Morgan fingerprint density at radius 2 is 1.88 bits per heavy atom. The first-order chi connectivity index (χ1) is 23.1. The Balaban J connectivity index is 0.000000204. The lowest BCUT2D eigenvalue weighted by Gasteiger charge is -2.23. The molecule has 1 aromatic rings. The van der Waals surface area contributed by atoms with E-state index in [0.29, 0.717) is 37.9 Å². The van der Waals surface area contributed by atoms with Gasteiger partial charge in [0, 0.05) is 31.6 Å². The van der Waals surface area contributed by atoms with Gasteiger partial charge >= 0.3 is 6.09 Å². The number of unbranched alkanes of at least 4 members (excludes halogenated alkanes) is 3. The van der Waals surface area contributed by atoms with Gasteiger partial charge in [-0.25, -0.2) is 17.6 Å². The molecule has 1 saturated heterocycles. The number of carbonyl (C=O) groups is 4. The average molecular weight is 725 g/mol. The molecule has 0 bridgehead atoms. The zero-order chi connectivity index (χ0) is 36.4. The molecule has 2 aliphatic carbocycles. The van der Waals surface area contributed by atoms with Crippen LogP contribution in [-0.4, -0.2) is 83.2 Å². The minimum absolute atomic E-state index is 0.0445. The summed E-state index contributed by atoms with van der Waals surface area (Å²) in [6.07, 6.45) is 11.5. The first kappa shape index (κ1) is 39.6. The molecule has 3 atom stereocenters. The molecule has 13 nitrogen and oxygen atoms in total. The highest BCUT2D eigenvalue weighted by atomic mass is 32.2. The summed E-state index contributed by atoms with van der Waals surface area (Å²) in [5, 5.41) is 13.9. The maximum Gasteiger partial charge on any atom is 0.407 e. The second-order valence-corrected chi connectivity index (χ2v) is 15.6. The van der Waals surface area contributed by atoms with E-state index in [9.17, 15) is 32.0 Å². The van der Waals surface area contributed by atoms with Crippen molar-refractivity contribution in [3.63, 3.8) is 0 Å². The lowest BCUT2D eigenvalue weighted by Crippen LogP contribution is -2.48. The van der Waals surface area contributed by atoms with Gasteiger partial charge in [-0.1, -0.05) is 44.1 Å². The highest BCUT2D eigenvalue weighted by Crippen LogP contribution is 2.44. The van der Waals surface area contributed by atoms with Crippen LogP contribution in [0.2, 0.25) is 0 Å². The van der Waals surface area contributed by atoms with Crippen LogP contribution in [0.3, 0.4) is 0 Å². The lowest BCUT2D eigenvalue weighted by molar-refractivity contribution is -0.137. The molecule has 3 unspecified atom stereocenters. The first-order valence-corrected chi connectivity index (χ1v) is 18.5. The van der Waals surface area contributed by atoms with Crippen molar-refractivity contribution < 1.29 is 37.1 Å². The van der Waals surface area contributed by atoms with Gasteiger partial charge in [0.25, 0.3) is 0 Å². The predicted molar refractivity (Wildman–Crippen MR) is 187 cm³/mol. The van der Waals surface area contributed by atoms with Gasteiger partial charge in [-0.05, 0) is 81.6 Å². The van der Waals surface area contributed by atoms with Gasteiger partial charge in [0.2, 0.25) is 27.7 Å². The summed E-state index contributed by atoms with van der Waals surface area (Å²) >= 11 is 4.61. The number of nitrogens with one attached hydrogen (secondary N) is 3. The van der Waals surface area contributed by atoms with Crippen molar-refractivity contribution >= 4 is 51.2 Å². The van der Waals surface area contributed by atoms with E-state index >= 15 is 0 Å². The molecule has 2 aliphatic heterocycles. The third kappa shape index (κ3) is 11.4. The quantitative estimate of drug-likeness (QED) is 0.129. The number of amides is 4. The number of rotatable bonds is 11. The number of nitrogens with two attached hydrogens (primary N) is 1. The molecule has 3 fully saturated rings. The van der Waals surface area contributed by atoms with E-state index in [1.165, 1.54) is 30.2 Å². The Labute approximate surface area is 293 Å². The van der Waals surface area contributed by atoms with E-state index in [4.69, 9.17) is 10.8 Å². The number of hydrogen-bond acceptors (Lipinski definition) is 7. The van der Waals surface area contributed by atoms with Gasteiger partial charge < -0.3 is 26.4 Å². The molecular formula is C33H49FN6O7S2. The Bertz CT molecular complexity index is 1520. The van der Waals surface area contributed by atoms with Crippen LogP contribution >= 0.6 is 12.2 Å². The smallest absolute Gasteiger partial charge is 0.407 e. The molecule has 0 aromatic heterocycles. The number of carbonyl (C=O) groups excluding carboxylic acids is 3. The highest BCUT2D eigenvalue weighted by molar-refractivity contribution is 7.91. The Morgan fingerprint density at radius 3 is 2.47 bits per heavy atom. The molecule has 2 heterocycles. The summed E-state index contributed by atoms with van der Waals surface area (Å²) in [7, 11) is -1.90. The number of halogens is 1. The highest BCUT2D eigenvalue weighted by Gasteiger charge is 2.52. The molecule has 0 spiro atoms. The summed E-state index contributed by atoms with van der Waals surface area (Å²) in [6.45, 7) is 4.98. The fourth-order valence-corrected chi connectivity index (χ4v) is 6.95. The maximum absolute atomic E-state index is 13.1.